The number of para-hydroxylation sites is 1. The average Bonchev–Trinajstić information content (AvgIpc) is 3.23. The van der Waals surface area contributed by atoms with Gasteiger partial charge in [-0.3, -0.25) is 9.52 Å². The first-order valence-corrected chi connectivity index (χ1v) is 10.5. The minimum absolute atomic E-state index is 0.137. The zero-order valence-electron chi connectivity index (χ0n) is 16.7. The van der Waals surface area contributed by atoms with Crippen molar-refractivity contribution in [2.75, 3.05) is 5.32 Å². The van der Waals surface area contributed by atoms with Crippen molar-refractivity contribution in [3.8, 4) is 5.75 Å². The van der Waals surface area contributed by atoms with Crippen LogP contribution in [0.3, 0.4) is 0 Å². The van der Waals surface area contributed by atoms with E-state index in [0.717, 1.165) is 10.9 Å². The molecule has 7 heteroatoms. The van der Waals surface area contributed by atoms with Gasteiger partial charge in [0.1, 0.15) is 17.4 Å². The molecule has 4 aromatic rings. The molecule has 6 nitrogen and oxygen atoms in total. The number of hydrogen-bond donors (Lipinski definition) is 2. The lowest BCUT2D eigenvalue weighted by Crippen LogP contribution is -2.24. The van der Waals surface area contributed by atoms with Gasteiger partial charge in [0.15, 0.2) is 5.76 Å². The maximum Gasteiger partial charge on any atom is 0.329 e. The number of fused-ring (bicyclic) bond motifs is 1. The summed E-state index contributed by atoms with van der Waals surface area (Å²) >= 11 is 0.658. The lowest BCUT2D eigenvalue weighted by molar-refractivity contribution is 0.106. The molecule has 0 fully saturated rings. The molecule has 0 aliphatic rings. The number of ether oxygens (including phenoxy) is 1. The van der Waals surface area contributed by atoms with Crippen LogP contribution in [0.2, 0.25) is 0 Å². The van der Waals surface area contributed by atoms with E-state index in [1.165, 1.54) is 0 Å². The van der Waals surface area contributed by atoms with E-state index in [-0.39, 0.29) is 17.0 Å². The summed E-state index contributed by atoms with van der Waals surface area (Å²) in [4.78, 5) is 24.5. The largest absolute Gasteiger partial charge is 0.486 e. The average molecular weight is 433 g/mol. The molecule has 0 aliphatic heterocycles. The van der Waals surface area contributed by atoms with Crippen LogP contribution >= 0.6 is 11.9 Å². The highest BCUT2D eigenvalue weighted by molar-refractivity contribution is 8.12. The van der Waals surface area contributed by atoms with Crippen LogP contribution < -0.4 is 14.8 Å². The van der Waals surface area contributed by atoms with Crippen molar-refractivity contribution in [3.05, 3.63) is 96.3 Å². The standard InChI is InChI=1S/C24H20N2O4S/c1-16(17-8-3-2-4-9-17)29-20-12-7-11-19(15-20)25-24(28)26-31-23(27)22-14-18-10-5-6-13-21(18)30-22/h2-16H,1H3,(H2,25,26,28)/t16-/m0/s1. The molecule has 31 heavy (non-hydrogen) atoms. The fourth-order valence-corrected chi connectivity index (χ4v) is 3.46. The van der Waals surface area contributed by atoms with Crippen LogP contribution in [-0.2, 0) is 0 Å². The smallest absolute Gasteiger partial charge is 0.329 e. The summed E-state index contributed by atoms with van der Waals surface area (Å²) in [7, 11) is 0. The Balaban J connectivity index is 1.32. The van der Waals surface area contributed by atoms with Crippen molar-refractivity contribution in [3.63, 3.8) is 0 Å². The Hall–Kier alpha value is -3.71. The van der Waals surface area contributed by atoms with Crippen molar-refractivity contribution in [1.82, 2.24) is 4.72 Å². The molecule has 0 unspecified atom stereocenters. The first-order chi connectivity index (χ1) is 15.1. The van der Waals surface area contributed by atoms with Gasteiger partial charge in [0.2, 0.25) is 0 Å². The molecular formula is C24H20N2O4S. The maximum absolute atomic E-state index is 12.3. The maximum atomic E-state index is 12.3. The van der Waals surface area contributed by atoms with Crippen molar-refractivity contribution < 1.29 is 18.7 Å². The minimum atomic E-state index is -0.525. The minimum Gasteiger partial charge on any atom is -0.486 e. The Morgan fingerprint density at radius 1 is 0.935 bits per heavy atom. The van der Waals surface area contributed by atoms with E-state index in [2.05, 4.69) is 10.0 Å². The van der Waals surface area contributed by atoms with Crippen molar-refractivity contribution in [2.45, 2.75) is 13.0 Å². The molecule has 1 aromatic heterocycles. The number of rotatable bonds is 5. The van der Waals surface area contributed by atoms with Crippen LogP contribution in [0.25, 0.3) is 11.0 Å². The van der Waals surface area contributed by atoms with E-state index in [1.807, 2.05) is 61.5 Å². The molecule has 156 valence electrons. The van der Waals surface area contributed by atoms with Gasteiger partial charge in [0, 0.05) is 29.1 Å². The second-order valence-electron chi connectivity index (χ2n) is 6.79. The number of anilines is 1. The fraction of sp³-hybridized carbons (Fsp3) is 0.0833. The summed E-state index contributed by atoms with van der Waals surface area (Å²) in [5.74, 6) is 0.803. The van der Waals surface area contributed by atoms with Gasteiger partial charge >= 0.3 is 6.03 Å². The van der Waals surface area contributed by atoms with Crippen LogP contribution in [0.15, 0.2) is 89.3 Å². The van der Waals surface area contributed by atoms with Gasteiger partial charge in [0.25, 0.3) is 5.12 Å². The van der Waals surface area contributed by atoms with E-state index in [9.17, 15) is 9.59 Å². The summed E-state index contributed by atoms with van der Waals surface area (Å²) in [6.45, 7) is 1.96. The molecule has 2 amide bonds. The molecule has 4 rings (SSSR count). The van der Waals surface area contributed by atoms with Gasteiger partial charge in [-0.15, -0.1) is 0 Å². The quantitative estimate of drug-likeness (QED) is 0.368. The number of hydrogen-bond acceptors (Lipinski definition) is 5. The monoisotopic (exact) mass is 432 g/mol. The van der Waals surface area contributed by atoms with Crippen LogP contribution in [0.1, 0.15) is 29.1 Å². The van der Waals surface area contributed by atoms with Gasteiger partial charge in [0.05, 0.1) is 0 Å². The third kappa shape index (κ3) is 5.26. The highest BCUT2D eigenvalue weighted by Crippen LogP contribution is 2.25. The van der Waals surface area contributed by atoms with E-state index < -0.39 is 6.03 Å². The highest BCUT2D eigenvalue weighted by Gasteiger charge is 2.15. The molecule has 1 heterocycles. The van der Waals surface area contributed by atoms with E-state index in [4.69, 9.17) is 9.15 Å². The van der Waals surface area contributed by atoms with Crippen LogP contribution in [0.5, 0.6) is 5.75 Å². The first kappa shape index (κ1) is 20.6. The van der Waals surface area contributed by atoms with E-state index in [1.54, 1.807) is 30.3 Å². The van der Waals surface area contributed by atoms with Gasteiger partial charge in [-0.05, 0) is 36.8 Å². The summed E-state index contributed by atoms with van der Waals surface area (Å²) in [6.07, 6.45) is -0.137. The van der Waals surface area contributed by atoms with E-state index in [0.29, 0.717) is 29.0 Å². The summed E-state index contributed by atoms with van der Waals surface area (Å²) in [5.41, 5.74) is 2.23. The summed E-state index contributed by atoms with van der Waals surface area (Å²) < 4.78 is 14.0. The fourth-order valence-electron chi connectivity index (χ4n) is 3.03. The summed E-state index contributed by atoms with van der Waals surface area (Å²) in [6, 6.07) is 25.4. The van der Waals surface area contributed by atoms with Gasteiger partial charge in [-0.2, -0.15) is 0 Å². The highest BCUT2D eigenvalue weighted by atomic mass is 32.2. The molecule has 0 saturated carbocycles. The zero-order chi connectivity index (χ0) is 21.6. The molecule has 0 radical (unpaired) electrons. The number of carbonyl (C=O) groups excluding carboxylic acids is 2. The molecule has 2 N–H and O–H groups in total. The van der Waals surface area contributed by atoms with Crippen LogP contribution in [0.4, 0.5) is 10.5 Å². The number of benzene rings is 3. The molecule has 1 atom stereocenters. The molecular weight excluding hydrogens is 412 g/mol. The topological polar surface area (TPSA) is 80.6 Å². The second-order valence-corrected chi connectivity index (χ2v) is 7.57. The Labute approximate surface area is 183 Å². The van der Waals surface area contributed by atoms with Crippen molar-refractivity contribution in [2.24, 2.45) is 0 Å². The molecule has 3 aromatic carbocycles. The second kappa shape index (κ2) is 9.40. The number of carbonyl (C=O) groups is 2. The first-order valence-electron chi connectivity index (χ1n) is 9.67. The number of urea groups is 1. The predicted octanol–water partition coefficient (Wildman–Crippen LogP) is 6.18. The Morgan fingerprint density at radius 3 is 2.52 bits per heavy atom. The lowest BCUT2D eigenvalue weighted by Gasteiger charge is -2.16. The van der Waals surface area contributed by atoms with Crippen molar-refractivity contribution in [1.29, 1.82) is 0 Å². The molecule has 0 bridgehead atoms. The number of furan rings is 1. The molecule has 0 saturated heterocycles. The normalized spacial score (nSPS) is 11.6. The van der Waals surface area contributed by atoms with Crippen LogP contribution in [0, 0.1) is 0 Å². The van der Waals surface area contributed by atoms with Gasteiger partial charge < -0.3 is 14.5 Å². The predicted molar refractivity (Wildman–Crippen MR) is 122 cm³/mol. The number of amides is 2. The zero-order valence-corrected chi connectivity index (χ0v) is 17.5. The van der Waals surface area contributed by atoms with Crippen molar-refractivity contribution >= 4 is 39.8 Å². The van der Waals surface area contributed by atoms with Crippen LogP contribution in [-0.4, -0.2) is 11.1 Å². The Bertz CT molecular complexity index is 1170. The van der Waals surface area contributed by atoms with Gasteiger partial charge in [-0.25, -0.2) is 4.79 Å². The van der Waals surface area contributed by atoms with E-state index >= 15 is 0 Å². The Morgan fingerprint density at radius 2 is 1.71 bits per heavy atom. The Kier molecular flexibility index (Phi) is 6.24. The third-order valence-corrected chi connectivity index (χ3v) is 5.21. The number of nitrogens with one attached hydrogen (secondary N) is 2. The molecule has 0 aliphatic carbocycles. The van der Waals surface area contributed by atoms with Gasteiger partial charge in [-0.1, -0.05) is 54.6 Å². The SMILES string of the molecule is C[C@H](Oc1cccc(NC(=O)NSC(=O)c2cc3ccccc3o2)c1)c1ccccc1. The third-order valence-electron chi connectivity index (χ3n) is 4.54. The lowest BCUT2D eigenvalue weighted by atomic mass is 10.1. The molecule has 0 spiro atoms. The summed E-state index contributed by atoms with van der Waals surface area (Å²) in [5, 5.41) is 3.14.